The number of hydrogen-bond acceptors (Lipinski definition) is 6. The molecule has 1 aromatic rings. The number of benzene rings is 1. The molecule has 7 nitrogen and oxygen atoms in total. The molecule has 1 unspecified atom stereocenters. The van der Waals surface area contributed by atoms with Gasteiger partial charge in [0.2, 0.25) is 0 Å². The lowest BCUT2D eigenvalue weighted by Gasteiger charge is -2.15. The second-order valence-electron chi connectivity index (χ2n) is 4.16. The van der Waals surface area contributed by atoms with Crippen LogP contribution in [0.3, 0.4) is 0 Å². The van der Waals surface area contributed by atoms with E-state index in [4.69, 9.17) is 20.2 Å². The second-order valence-corrected chi connectivity index (χ2v) is 6.70. The minimum absolute atomic E-state index is 0.0267. The number of nitro benzene ring substituents is 1. The van der Waals surface area contributed by atoms with E-state index in [0.29, 0.717) is 0 Å². The van der Waals surface area contributed by atoms with Gasteiger partial charge >= 0.3 is 5.69 Å². The zero-order chi connectivity index (χ0) is 15.5. The zero-order valence-corrected chi connectivity index (χ0v) is 12.7. The number of methoxy groups -OCH3 is 1. The summed E-state index contributed by atoms with van der Waals surface area (Å²) in [6, 6.07) is 2.17. The van der Waals surface area contributed by atoms with Crippen LogP contribution >= 0.6 is 10.7 Å². The van der Waals surface area contributed by atoms with Crippen LogP contribution in [0.2, 0.25) is 0 Å². The Bertz CT molecular complexity index is 616. The summed E-state index contributed by atoms with van der Waals surface area (Å²) in [6.45, 7) is 3.40. The van der Waals surface area contributed by atoms with Crippen molar-refractivity contribution in [3.8, 4) is 5.75 Å². The second kappa shape index (κ2) is 6.38. The molecule has 0 aliphatic carbocycles. The first-order valence-electron chi connectivity index (χ1n) is 5.56. The lowest BCUT2D eigenvalue weighted by atomic mass is 10.2. The molecular formula is C11H14ClNO6S. The molecule has 0 aromatic heterocycles. The molecule has 0 aliphatic rings. The molecule has 0 aliphatic heterocycles. The largest absolute Gasteiger partial charge is 0.481 e. The Kier molecular flexibility index (Phi) is 5.32. The average molecular weight is 324 g/mol. The quantitative estimate of drug-likeness (QED) is 0.452. The summed E-state index contributed by atoms with van der Waals surface area (Å²) in [7, 11) is 2.65. The summed E-state index contributed by atoms with van der Waals surface area (Å²) < 4.78 is 33.0. The van der Waals surface area contributed by atoms with Crippen molar-refractivity contribution in [1.82, 2.24) is 0 Å². The van der Waals surface area contributed by atoms with Gasteiger partial charge in [-0.05, 0) is 25.5 Å². The Hall–Kier alpha value is -1.38. The fraction of sp³-hybridized carbons (Fsp3) is 0.455. The summed E-state index contributed by atoms with van der Waals surface area (Å²) in [5.41, 5.74) is -0.192. The van der Waals surface area contributed by atoms with Gasteiger partial charge < -0.3 is 9.47 Å². The van der Waals surface area contributed by atoms with Gasteiger partial charge in [-0.2, -0.15) is 0 Å². The van der Waals surface area contributed by atoms with E-state index in [0.717, 1.165) is 6.07 Å². The SMILES string of the molecule is COCC(C)Oc1cc(C)c(S(=O)(=O)Cl)cc1[N+](=O)[O-]. The topological polar surface area (TPSA) is 95.7 Å². The molecule has 0 spiro atoms. The molecule has 1 aromatic carbocycles. The first-order chi connectivity index (χ1) is 9.16. The first-order valence-corrected chi connectivity index (χ1v) is 7.87. The zero-order valence-electron chi connectivity index (χ0n) is 11.1. The van der Waals surface area contributed by atoms with E-state index < -0.39 is 25.8 Å². The van der Waals surface area contributed by atoms with Gasteiger partial charge in [0, 0.05) is 23.9 Å². The average Bonchev–Trinajstić information content (AvgIpc) is 2.26. The minimum atomic E-state index is -4.06. The third kappa shape index (κ3) is 4.06. The highest BCUT2D eigenvalue weighted by molar-refractivity contribution is 8.13. The van der Waals surface area contributed by atoms with Crippen molar-refractivity contribution in [2.45, 2.75) is 24.8 Å². The highest BCUT2D eigenvalue weighted by Gasteiger charge is 2.24. The third-order valence-electron chi connectivity index (χ3n) is 2.45. The summed E-state index contributed by atoms with van der Waals surface area (Å²) in [5.74, 6) is -0.0267. The molecule has 20 heavy (non-hydrogen) atoms. The van der Waals surface area contributed by atoms with E-state index in [9.17, 15) is 18.5 Å². The number of aryl methyl sites for hydroxylation is 1. The molecule has 0 bridgehead atoms. The molecule has 1 atom stereocenters. The van der Waals surface area contributed by atoms with Crippen LogP contribution in [-0.2, 0) is 13.8 Å². The van der Waals surface area contributed by atoms with Crippen LogP contribution in [-0.4, -0.2) is 33.2 Å². The Morgan fingerprint density at radius 3 is 2.50 bits per heavy atom. The lowest BCUT2D eigenvalue weighted by Crippen LogP contribution is -2.18. The predicted octanol–water partition coefficient (Wildman–Crippen LogP) is 2.24. The molecular weight excluding hydrogens is 310 g/mol. The van der Waals surface area contributed by atoms with E-state index >= 15 is 0 Å². The van der Waals surface area contributed by atoms with Gasteiger partial charge in [0.25, 0.3) is 9.05 Å². The van der Waals surface area contributed by atoms with E-state index in [1.54, 1.807) is 6.92 Å². The van der Waals surface area contributed by atoms with Crippen LogP contribution < -0.4 is 4.74 Å². The van der Waals surface area contributed by atoms with E-state index in [1.807, 2.05) is 0 Å². The number of halogens is 1. The van der Waals surface area contributed by atoms with E-state index in [-0.39, 0.29) is 22.8 Å². The molecule has 0 saturated carbocycles. The Balaban J connectivity index is 3.32. The molecule has 1 rings (SSSR count). The minimum Gasteiger partial charge on any atom is -0.481 e. The smallest absolute Gasteiger partial charge is 0.312 e. The van der Waals surface area contributed by atoms with Crippen LogP contribution in [0.25, 0.3) is 0 Å². The van der Waals surface area contributed by atoms with Crippen LogP contribution in [0.1, 0.15) is 12.5 Å². The highest BCUT2D eigenvalue weighted by atomic mass is 35.7. The molecule has 0 radical (unpaired) electrons. The van der Waals surface area contributed by atoms with Gasteiger partial charge in [0.15, 0.2) is 5.75 Å². The van der Waals surface area contributed by atoms with Gasteiger partial charge in [0.05, 0.1) is 16.4 Å². The third-order valence-corrected chi connectivity index (χ3v) is 3.91. The molecule has 0 N–H and O–H groups in total. The van der Waals surface area contributed by atoms with Crippen molar-refractivity contribution in [2.75, 3.05) is 13.7 Å². The highest BCUT2D eigenvalue weighted by Crippen LogP contribution is 2.34. The van der Waals surface area contributed by atoms with Crippen molar-refractivity contribution in [2.24, 2.45) is 0 Å². The maximum absolute atomic E-state index is 11.3. The fourth-order valence-corrected chi connectivity index (χ4v) is 2.83. The number of nitrogens with zero attached hydrogens (tertiary/aromatic N) is 1. The normalized spacial score (nSPS) is 13.0. The maximum atomic E-state index is 11.3. The molecule has 0 saturated heterocycles. The van der Waals surface area contributed by atoms with Crippen molar-refractivity contribution in [3.63, 3.8) is 0 Å². The van der Waals surface area contributed by atoms with Crippen molar-refractivity contribution < 1.29 is 22.8 Å². The summed E-state index contributed by atoms with van der Waals surface area (Å²) in [4.78, 5) is 9.98. The number of ether oxygens (including phenoxy) is 2. The van der Waals surface area contributed by atoms with E-state index in [1.165, 1.54) is 20.1 Å². The van der Waals surface area contributed by atoms with Crippen molar-refractivity contribution in [3.05, 3.63) is 27.8 Å². The van der Waals surface area contributed by atoms with Crippen LogP contribution in [0, 0.1) is 17.0 Å². The summed E-state index contributed by atoms with van der Waals surface area (Å²) in [5, 5.41) is 11.0. The molecule has 112 valence electrons. The van der Waals surface area contributed by atoms with Crippen LogP contribution in [0.15, 0.2) is 17.0 Å². The first kappa shape index (κ1) is 16.7. The Morgan fingerprint density at radius 2 is 2.05 bits per heavy atom. The van der Waals surface area contributed by atoms with Crippen molar-refractivity contribution in [1.29, 1.82) is 0 Å². The number of hydrogen-bond donors (Lipinski definition) is 0. The molecule has 0 heterocycles. The van der Waals surface area contributed by atoms with Crippen LogP contribution in [0.5, 0.6) is 5.75 Å². The predicted molar refractivity (Wildman–Crippen MR) is 72.8 cm³/mol. The summed E-state index contributed by atoms with van der Waals surface area (Å²) in [6.07, 6.45) is -0.420. The van der Waals surface area contributed by atoms with Gasteiger partial charge in [-0.1, -0.05) is 0 Å². The Labute approximate surface area is 121 Å². The lowest BCUT2D eigenvalue weighted by molar-refractivity contribution is -0.386. The Morgan fingerprint density at radius 1 is 1.45 bits per heavy atom. The number of rotatable bonds is 6. The van der Waals surface area contributed by atoms with Gasteiger partial charge in [-0.25, -0.2) is 8.42 Å². The molecule has 0 amide bonds. The summed E-state index contributed by atoms with van der Waals surface area (Å²) >= 11 is 0. The number of nitro groups is 1. The van der Waals surface area contributed by atoms with Gasteiger partial charge in [-0.15, -0.1) is 0 Å². The van der Waals surface area contributed by atoms with E-state index in [2.05, 4.69) is 0 Å². The van der Waals surface area contributed by atoms with Crippen molar-refractivity contribution >= 4 is 25.4 Å². The van der Waals surface area contributed by atoms with Crippen LogP contribution in [0.4, 0.5) is 5.69 Å². The standard InChI is InChI=1S/C11H14ClNO6S/c1-7-4-10(19-8(2)6-18-3)9(13(14)15)5-11(7)20(12,16)17/h4-5,8H,6H2,1-3H3. The fourth-order valence-electron chi connectivity index (χ4n) is 1.64. The van der Waals surface area contributed by atoms with Gasteiger partial charge in [-0.3, -0.25) is 10.1 Å². The monoisotopic (exact) mass is 323 g/mol. The molecule has 0 fully saturated rings. The maximum Gasteiger partial charge on any atom is 0.312 e. The molecule has 9 heteroatoms. The van der Waals surface area contributed by atoms with Gasteiger partial charge in [0.1, 0.15) is 6.10 Å².